The molecule has 0 bridgehead atoms. The van der Waals surface area contributed by atoms with Crippen LogP contribution in [-0.2, 0) is 9.59 Å². The number of halogens is 1. The van der Waals surface area contributed by atoms with Crippen LogP contribution in [0.2, 0.25) is 5.02 Å². The van der Waals surface area contributed by atoms with E-state index >= 15 is 0 Å². The molecule has 0 unspecified atom stereocenters. The van der Waals surface area contributed by atoms with E-state index in [9.17, 15) is 14.7 Å². The third-order valence-electron chi connectivity index (χ3n) is 4.28. The number of fused-ring (bicyclic) bond motifs is 1. The Kier molecular flexibility index (Phi) is 4.13. The van der Waals surface area contributed by atoms with Crippen LogP contribution in [0.15, 0.2) is 18.2 Å². The molecule has 22 heavy (non-hydrogen) atoms. The molecule has 120 valence electrons. The van der Waals surface area contributed by atoms with Crippen molar-refractivity contribution in [3.05, 3.63) is 23.2 Å². The maximum Gasteiger partial charge on any atom is 0.329 e. The van der Waals surface area contributed by atoms with Crippen molar-refractivity contribution < 1.29 is 19.4 Å². The van der Waals surface area contributed by atoms with Gasteiger partial charge in [-0.3, -0.25) is 9.69 Å². The fraction of sp³-hybridized carbons (Fsp3) is 0.500. The molecule has 0 saturated carbocycles. The Labute approximate surface area is 134 Å². The van der Waals surface area contributed by atoms with Crippen LogP contribution < -0.4 is 9.64 Å². The zero-order valence-corrected chi connectivity index (χ0v) is 13.9. The predicted molar refractivity (Wildman–Crippen MR) is 84.6 cm³/mol. The molecular formula is C16H20ClNO4. The molecule has 1 aromatic carbocycles. The Balaban J connectivity index is 2.71. The minimum absolute atomic E-state index is 0.348. The minimum Gasteiger partial charge on any atom is -0.480 e. The van der Waals surface area contributed by atoms with Gasteiger partial charge in [0, 0.05) is 5.02 Å². The molecule has 0 spiro atoms. The smallest absolute Gasteiger partial charge is 0.329 e. The molecular weight excluding hydrogens is 306 g/mol. The van der Waals surface area contributed by atoms with Gasteiger partial charge in [0.25, 0.3) is 5.91 Å². The highest BCUT2D eigenvalue weighted by Gasteiger charge is 2.52. The third-order valence-corrected chi connectivity index (χ3v) is 4.52. The first kappa shape index (κ1) is 16.6. The number of amides is 1. The van der Waals surface area contributed by atoms with Crippen LogP contribution >= 0.6 is 11.6 Å². The summed E-state index contributed by atoms with van der Waals surface area (Å²) in [6.07, 6.45) is 0.910. The van der Waals surface area contributed by atoms with Gasteiger partial charge in [-0.1, -0.05) is 25.4 Å². The number of nitrogens with zero attached hydrogens (tertiary/aromatic N) is 1. The lowest BCUT2D eigenvalue weighted by Gasteiger charge is -2.46. The summed E-state index contributed by atoms with van der Waals surface area (Å²) in [6.45, 7) is 6.71. The Hall–Kier alpha value is -1.75. The van der Waals surface area contributed by atoms with Gasteiger partial charge < -0.3 is 9.84 Å². The van der Waals surface area contributed by atoms with Crippen molar-refractivity contribution >= 4 is 29.2 Å². The highest BCUT2D eigenvalue weighted by molar-refractivity contribution is 6.31. The van der Waals surface area contributed by atoms with Crippen molar-refractivity contribution in [2.75, 3.05) is 4.90 Å². The lowest BCUT2D eigenvalue weighted by atomic mass is 9.89. The molecule has 1 heterocycles. The molecule has 0 aliphatic carbocycles. The average molecular weight is 326 g/mol. The van der Waals surface area contributed by atoms with E-state index in [1.807, 2.05) is 13.8 Å². The van der Waals surface area contributed by atoms with Crippen LogP contribution in [0.3, 0.4) is 0 Å². The minimum atomic E-state index is -1.41. The quantitative estimate of drug-likeness (QED) is 0.920. The molecule has 1 amide bonds. The summed E-state index contributed by atoms with van der Waals surface area (Å²) >= 11 is 6.02. The van der Waals surface area contributed by atoms with Gasteiger partial charge in [0.2, 0.25) is 0 Å². The van der Waals surface area contributed by atoms with E-state index in [1.165, 1.54) is 18.7 Å². The van der Waals surface area contributed by atoms with Gasteiger partial charge >= 0.3 is 5.97 Å². The molecule has 0 radical (unpaired) electrons. The zero-order valence-electron chi connectivity index (χ0n) is 13.1. The summed E-state index contributed by atoms with van der Waals surface area (Å²) in [5.41, 5.74) is -2.06. The SMILES string of the molecule is CCC1(CC)Oc2ccc(Cl)cc2N(C(C)(C)C(=O)O)C1=O. The lowest BCUT2D eigenvalue weighted by molar-refractivity contribution is -0.148. The van der Waals surface area contributed by atoms with E-state index in [1.54, 1.807) is 18.2 Å². The van der Waals surface area contributed by atoms with E-state index in [4.69, 9.17) is 16.3 Å². The van der Waals surface area contributed by atoms with Gasteiger partial charge in [0.05, 0.1) is 5.69 Å². The Bertz CT molecular complexity index is 623. The van der Waals surface area contributed by atoms with Crippen LogP contribution in [0.25, 0.3) is 0 Å². The van der Waals surface area contributed by atoms with Crippen molar-refractivity contribution in [2.24, 2.45) is 0 Å². The first-order valence-corrected chi connectivity index (χ1v) is 7.64. The summed E-state index contributed by atoms with van der Waals surface area (Å²) in [5, 5.41) is 9.97. The molecule has 0 saturated heterocycles. The van der Waals surface area contributed by atoms with Crippen LogP contribution in [0, 0.1) is 0 Å². The van der Waals surface area contributed by atoms with Crippen molar-refractivity contribution in [2.45, 2.75) is 51.7 Å². The second-order valence-corrected chi connectivity index (χ2v) is 6.36. The molecule has 2 rings (SSSR count). The largest absolute Gasteiger partial charge is 0.480 e. The molecule has 0 fully saturated rings. The predicted octanol–water partition coefficient (Wildman–Crippen LogP) is 3.49. The maximum atomic E-state index is 13.0. The number of rotatable bonds is 4. The van der Waals surface area contributed by atoms with Crippen molar-refractivity contribution in [1.29, 1.82) is 0 Å². The fourth-order valence-electron chi connectivity index (χ4n) is 2.67. The second-order valence-electron chi connectivity index (χ2n) is 5.92. The highest BCUT2D eigenvalue weighted by atomic mass is 35.5. The lowest BCUT2D eigenvalue weighted by Crippen LogP contribution is -2.64. The van der Waals surface area contributed by atoms with Gasteiger partial charge in [0.1, 0.15) is 11.3 Å². The Morgan fingerprint density at radius 2 is 1.95 bits per heavy atom. The first-order valence-electron chi connectivity index (χ1n) is 7.26. The molecule has 1 aromatic rings. The Morgan fingerprint density at radius 1 is 1.36 bits per heavy atom. The first-order chi connectivity index (χ1) is 10.2. The number of aliphatic carboxylic acids is 1. The zero-order chi connectivity index (χ0) is 16.7. The summed E-state index contributed by atoms with van der Waals surface area (Å²) in [6, 6.07) is 4.90. The molecule has 5 nitrogen and oxygen atoms in total. The maximum absolute atomic E-state index is 13.0. The van der Waals surface area contributed by atoms with E-state index in [-0.39, 0.29) is 5.91 Å². The van der Waals surface area contributed by atoms with Gasteiger partial charge in [-0.25, -0.2) is 4.79 Å². The van der Waals surface area contributed by atoms with Crippen LogP contribution in [0.4, 0.5) is 5.69 Å². The van der Waals surface area contributed by atoms with Crippen LogP contribution in [-0.4, -0.2) is 28.1 Å². The number of carboxylic acid groups (broad SMARTS) is 1. The number of hydrogen-bond donors (Lipinski definition) is 1. The van der Waals surface area contributed by atoms with Crippen molar-refractivity contribution in [3.63, 3.8) is 0 Å². The van der Waals surface area contributed by atoms with Crippen LogP contribution in [0.5, 0.6) is 5.75 Å². The van der Waals surface area contributed by atoms with Crippen molar-refractivity contribution in [1.82, 2.24) is 0 Å². The van der Waals surface area contributed by atoms with Crippen LogP contribution in [0.1, 0.15) is 40.5 Å². The van der Waals surface area contributed by atoms with Crippen molar-refractivity contribution in [3.8, 4) is 5.75 Å². The van der Waals surface area contributed by atoms with Gasteiger partial charge in [-0.2, -0.15) is 0 Å². The van der Waals surface area contributed by atoms with E-state index < -0.39 is 17.1 Å². The molecule has 0 atom stereocenters. The molecule has 1 N–H and O–H groups in total. The molecule has 1 aliphatic rings. The second kappa shape index (κ2) is 5.47. The molecule has 6 heteroatoms. The topological polar surface area (TPSA) is 66.8 Å². The van der Waals surface area contributed by atoms with Gasteiger partial charge in [-0.05, 0) is 44.9 Å². The average Bonchev–Trinajstić information content (AvgIpc) is 2.46. The summed E-state index contributed by atoms with van der Waals surface area (Å²) < 4.78 is 5.95. The number of anilines is 1. The number of benzene rings is 1. The Morgan fingerprint density at radius 3 is 2.45 bits per heavy atom. The van der Waals surface area contributed by atoms with Gasteiger partial charge in [-0.15, -0.1) is 0 Å². The van der Waals surface area contributed by atoms with Gasteiger partial charge in [0.15, 0.2) is 5.60 Å². The molecule has 1 aliphatic heterocycles. The fourth-order valence-corrected chi connectivity index (χ4v) is 2.83. The van der Waals surface area contributed by atoms with E-state index in [2.05, 4.69) is 0 Å². The standard InChI is InChI=1S/C16H20ClNO4/c1-5-16(6-2)13(19)18(15(3,4)14(20)21)11-9-10(17)7-8-12(11)22-16/h7-9H,5-6H2,1-4H3,(H,20,21). The number of carbonyl (C=O) groups excluding carboxylic acids is 1. The number of hydrogen-bond acceptors (Lipinski definition) is 3. The number of ether oxygens (including phenoxy) is 1. The van der Waals surface area contributed by atoms with E-state index in [0.29, 0.717) is 29.3 Å². The summed E-state index contributed by atoms with van der Waals surface area (Å²) in [5.74, 6) is -0.962. The molecule has 0 aromatic heterocycles. The summed E-state index contributed by atoms with van der Waals surface area (Å²) in [7, 11) is 0. The van der Waals surface area contributed by atoms with E-state index in [0.717, 1.165) is 0 Å². The monoisotopic (exact) mass is 325 g/mol. The third kappa shape index (κ3) is 2.33. The number of carbonyl (C=O) groups is 2. The summed E-state index contributed by atoms with van der Waals surface area (Å²) in [4.78, 5) is 26.0. The normalized spacial score (nSPS) is 17.0. The highest BCUT2D eigenvalue weighted by Crippen LogP contribution is 2.44. The number of carboxylic acids is 1.